The molecule has 4 rings (SSSR count). The Labute approximate surface area is 165 Å². The molecule has 148 valence electrons. The van der Waals surface area contributed by atoms with E-state index in [0.29, 0.717) is 6.54 Å². The molecule has 1 saturated heterocycles. The van der Waals surface area contributed by atoms with Crippen molar-refractivity contribution in [2.24, 2.45) is 5.73 Å². The average Bonchev–Trinajstić information content (AvgIpc) is 3.09. The van der Waals surface area contributed by atoms with Crippen LogP contribution in [0.5, 0.6) is 0 Å². The van der Waals surface area contributed by atoms with Gasteiger partial charge in [0, 0.05) is 43.5 Å². The Hall–Kier alpha value is -2.31. The Bertz CT molecular complexity index is 829. The first-order valence-corrected chi connectivity index (χ1v) is 10.0. The van der Waals surface area contributed by atoms with Crippen LogP contribution in [0.4, 0.5) is 4.39 Å². The fourth-order valence-corrected chi connectivity index (χ4v) is 4.54. The standard InChI is InChI=1S/C22H27FN4O/c23-17-4-5-19-16(11-17)3-6-21(20(19)10-15-2-1-8-25-12-15)26-22(28)14-27-9-7-18(24)13-27/h1-2,4-5,8,11-12,18,20-21H,3,6-7,9-10,13-14,24H2,(H,26,28)/t18?,20-,21+/m0/s1. The van der Waals surface area contributed by atoms with Gasteiger partial charge in [-0.1, -0.05) is 12.1 Å². The van der Waals surface area contributed by atoms with E-state index in [1.54, 1.807) is 12.3 Å². The largest absolute Gasteiger partial charge is 0.352 e. The zero-order valence-electron chi connectivity index (χ0n) is 16.0. The van der Waals surface area contributed by atoms with Crippen molar-refractivity contribution >= 4 is 5.91 Å². The molecule has 2 heterocycles. The van der Waals surface area contributed by atoms with Crippen LogP contribution in [0.25, 0.3) is 0 Å². The number of rotatable bonds is 5. The summed E-state index contributed by atoms with van der Waals surface area (Å²) in [5.41, 5.74) is 9.24. The molecule has 0 saturated carbocycles. The van der Waals surface area contributed by atoms with Crippen LogP contribution in [-0.4, -0.2) is 47.5 Å². The van der Waals surface area contributed by atoms with Gasteiger partial charge in [-0.15, -0.1) is 0 Å². The van der Waals surface area contributed by atoms with E-state index in [-0.39, 0.29) is 29.7 Å². The van der Waals surface area contributed by atoms with Gasteiger partial charge >= 0.3 is 0 Å². The first kappa shape index (κ1) is 19.0. The summed E-state index contributed by atoms with van der Waals surface area (Å²) in [4.78, 5) is 19.0. The van der Waals surface area contributed by atoms with Crippen molar-refractivity contribution in [2.45, 2.75) is 43.7 Å². The van der Waals surface area contributed by atoms with Gasteiger partial charge in [0.05, 0.1) is 6.54 Å². The van der Waals surface area contributed by atoms with E-state index in [9.17, 15) is 9.18 Å². The van der Waals surface area contributed by atoms with Crippen LogP contribution in [-0.2, 0) is 17.6 Å². The predicted molar refractivity (Wildman–Crippen MR) is 106 cm³/mol. The van der Waals surface area contributed by atoms with Crippen molar-refractivity contribution < 1.29 is 9.18 Å². The highest BCUT2D eigenvalue weighted by Crippen LogP contribution is 2.35. The first-order valence-electron chi connectivity index (χ1n) is 10.0. The number of nitrogens with two attached hydrogens (primary N) is 1. The number of carbonyl (C=O) groups excluding carboxylic acids is 1. The third kappa shape index (κ3) is 4.39. The van der Waals surface area contributed by atoms with Crippen molar-refractivity contribution in [3.63, 3.8) is 0 Å². The molecule has 0 spiro atoms. The molecule has 1 aliphatic heterocycles. The van der Waals surface area contributed by atoms with Gasteiger partial charge in [0.1, 0.15) is 5.82 Å². The first-order chi connectivity index (χ1) is 13.6. The maximum atomic E-state index is 13.7. The minimum atomic E-state index is -0.202. The molecule has 6 heteroatoms. The Morgan fingerprint density at radius 1 is 1.32 bits per heavy atom. The van der Waals surface area contributed by atoms with Crippen LogP contribution >= 0.6 is 0 Å². The van der Waals surface area contributed by atoms with Gasteiger partial charge in [-0.05, 0) is 60.6 Å². The molecule has 0 bridgehead atoms. The second-order valence-electron chi connectivity index (χ2n) is 8.01. The maximum Gasteiger partial charge on any atom is 0.234 e. The number of hydrogen-bond acceptors (Lipinski definition) is 4. The summed E-state index contributed by atoms with van der Waals surface area (Å²) in [6.45, 7) is 2.04. The van der Waals surface area contributed by atoms with Crippen molar-refractivity contribution in [1.82, 2.24) is 15.2 Å². The summed E-state index contributed by atoms with van der Waals surface area (Å²) in [5.74, 6) is -0.0501. The monoisotopic (exact) mass is 382 g/mol. The van der Waals surface area contributed by atoms with Crippen LogP contribution < -0.4 is 11.1 Å². The number of likely N-dealkylation sites (tertiary alicyclic amines) is 1. The number of amides is 1. The number of carbonyl (C=O) groups is 1. The van der Waals surface area contributed by atoms with E-state index >= 15 is 0 Å². The Morgan fingerprint density at radius 2 is 2.21 bits per heavy atom. The number of aryl methyl sites for hydroxylation is 1. The molecular formula is C22H27FN4O. The lowest BCUT2D eigenvalue weighted by Crippen LogP contribution is -2.46. The molecular weight excluding hydrogens is 355 g/mol. The van der Waals surface area contributed by atoms with E-state index in [4.69, 9.17) is 5.73 Å². The maximum absolute atomic E-state index is 13.7. The van der Waals surface area contributed by atoms with Crippen molar-refractivity contribution in [2.75, 3.05) is 19.6 Å². The van der Waals surface area contributed by atoms with Crippen LogP contribution in [0.1, 0.15) is 35.4 Å². The number of pyridine rings is 1. The molecule has 1 aromatic carbocycles. The smallest absolute Gasteiger partial charge is 0.234 e. The van der Waals surface area contributed by atoms with E-state index in [0.717, 1.165) is 55.5 Å². The topological polar surface area (TPSA) is 71.2 Å². The highest BCUT2D eigenvalue weighted by atomic mass is 19.1. The van der Waals surface area contributed by atoms with Gasteiger partial charge < -0.3 is 11.1 Å². The SMILES string of the molecule is NC1CCN(CC(=O)N[C@@H]2CCc3cc(F)ccc3[C@@H]2Cc2cccnc2)C1. The predicted octanol–water partition coefficient (Wildman–Crippen LogP) is 2.01. The quantitative estimate of drug-likeness (QED) is 0.830. The highest BCUT2D eigenvalue weighted by molar-refractivity contribution is 5.78. The summed E-state index contributed by atoms with van der Waals surface area (Å²) in [6, 6.07) is 9.21. The second-order valence-corrected chi connectivity index (χ2v) is 8.01. The number of nitrogens with zero attached hydrogens (tertiary/aromatic N) is 2. The van der Waals surface area contributed by atoms with Crippen LogP contribution in [0.15, 0.2) is 42.7 Å². The fourth-order valence-electron chi connectivity index (χ4n) is 4.54. The number of nitrogens with one attached hydrogen (secondary N) is 1. The Balaban J connectivity index is 1.51. The molecule has 1 amide bonds. The number of benzene rings is 1. The molecule has 2 aliphatic rings. The average molecular weight is 382 g/mol. The van der Waals surface area contributed by atoms with E-state index in [1.807, 2.05) is 18.3 Å². The lowest BCUT2D eigenvalue weighted by atomic mass is 9.76. The summed E-state index contributed by atoms with van der Waals surface area (Å²) in [6.07, 6.45) is 6.92. The van der Waals surface area contributed by atoms with Gasteiger partial charge in [0.2, 0.25) is 5.91 Å². The van der Waals surface area contributed by atoms with Crippen LogP contribution in [0, 0.1) is 5.82 Å². The molecule has 1 aliphatic carbocycles. The van der Waals surface area contributed by atoms with E-state index in [2.05, 4.69) is 21.3 Å². The van der Waals surface area contributed by atoms with Gasteiger partial charge in [-0.3, -0.25) is 14.7 Å². The van der Waals surface area contributed by atoms with Crippen LogP contribution in [0.3, 0.4) is 0 Å². The van der Waals surface area contributed by atoms with Crippen molar-refractivity contribution in [1.29, 1.82) is 0 Å². The highest BCUT2D eigenvalue weighted by Gasteiger charge is 2.32. The summed E-state index contributed by atoms with van der Waals surface area (Å²) < 4.78 is 13.7. The zero-order chi connectivity index (χ0) is 19.5. The number of halogens is 1. The summed E-state index contributed by atoms with van der Waals surface area (Å²) >= 11 is 0. The summed E-state index contributed by atoms with van der Waals surface area (Å²) in [7, 11) is 0. The normalized spacial score (nSPS) is 24.7. The fraction of sp³-hybridized carbons (Fsp3) is 0.455. The molecule has 3 N–H and O–H groups in total. The Morgan fingerprint density at radius 3 is 2.96 bits per heavy atom. The molecule has 3 atom stereocenters. The Kier molecular flexibility index (Phi) is 5.69. The molecule has 1 aromatic heterocycles. The number of aromatic nitrogens is 1. The van der Waals surface area contributed by atoms with Crippen molar-refractivity contribution in [3.05, 3.63) is 65.2 Å². The van der Waals surface area contributed by atoms with E-state index in [1.165, 1.54) is 6.07 Å². The van der Waals surface area contributed by atoms with Gasteiger partial charge in [0.25, 0.3) is 0 Å². The zero-order valence-corrected chi connectivity index (χ0v) is 16.0. The molecule has 5 nitrogen and oxygen atoms in total. The van der Waals surface area contributed by atoms with Gasteiger partial charge in [-0.25, -0.2) is 4.39 Å². The number of fused-ring (bicyclic) bond motifs is 1. The third-order valence-electron chi connectivity index (χ3n) is 5.92. The van der Waals surface area contributed by atoms with Crippen LogP contribution in [0.2, 0.25) is 0 Å². The van der Waals surface area contributed by atoms with Gasteiger partial charge in [0.15, 0.2) is 0 Å². The molecule has 1 fully saturated rings. The molecule has 2 aromatic rings. The lowest BCUT2D eigenvalue weighted by molar-refractivity contribution is -0.123. The summed E-state index contributed by atoms with van der Waals surface area (Å²) in [5, 5.41) is 3.25. The second kappa shape index (κ2) is 8.37. The minimum Gasteiger partial charge on any atom is -0.352 e. The molecule has 28 heavy (non-hydrogen) atoms. The number of hydrogen-bond donors (Lipinski definition) is 2. The minimum absolute atomic E-state index is 0.0296. The van der Waals surface area contributed by atoms with E-state index < -0.39 is 0 Å². The van der Waals surface area contributed by atoms with Crippen molar-refractivity contribution in [3.8, 4) is 0 Å². The third-order valence-corrected chi connectivity index (χ3v) is 5.92. The molecule has 1 unspecified atom stereocenters. The lowest BCUT2D eigenvalue weighted by Gasteiger charge is -2.35. The van der Waals surface area contributed by atoms with Gasteiger partial charge in [-0.2, -0.15) is 0 Å². The molecule has 0 radical (unpaired) electrons.